The van der Waals surface area contributed by atoms with Crippen LogP contribution in [-0.4, -0.2) is 13.0 Å². The predicted octanol–water partition coefficient (Wildman–Crippen LogP) is 3.07. The molecule has 4 heteroatoms. The molecular formula is C14H18ClNO2. The maximum atomic E-state index is 11.8. The smallest absolute Gasteiger partial charge is 0.223 e. The largest absolute Gasteiger partial charge is 0.496 e. The molecule has 0 saturated heterocycles. The summed E-state index contributed by atoms with van der Waals surface area (Å²) in [4.78, 5) is 11.8. The molecule has 1 saturated carbocycles. The molecule has 0 spiro atoms. The molecule has 0 atom stereocenters. The highest BCUT2D eigenvalue weighted by Crippen LogP contribution is 2.28. The van der Waals surface area contributed by atoms with E-state index in [4.69, 9.17) is 16.3 Å². The lowest BCUT2D eigenvalue weighted by Crippen LogP contribution is -2.34. The van der Waals surface area contributed by atoms with E-state index >= 15 is 0 Å². The molecule has 1 aliphatic carbocycles. The van der Waals surface area contributed by atoms with Crippen molar-refractivity contribution in [3.05, 3.63) is 28.3 Å². The van der Waals surface area contributed by atoms with Crippen molar-refractivity contribution in [3.8, 4) is 5.75 Å². The number of nitrogens with one attached hydrogen (secondary N) is 1. The Morgan fingerprint density at radius 2 is 2.22 bits per heavy atom. The quantitative estimate of drug-likeness (QED) is 0.910. The second kappa shape index (κ2) is 5.61. The average Bonchev–Trinajstić information content (AvgIpc) is 2.27. The Bertz CT molecular complexity index is 455. The molecular weight excluding hydrogens is 250 g/mol. The van der Waals surface area contributed by atoms with Crippen molar-refractivity contribution in [2.75, 3.05) is 7.11 Å². The van der Waals surface area contributed by atoms with Crippen molar-refractivity contribution >= 4 is 17.5 Å². The van der Waals surface area contributed by atoms with E-state index in [1.807, 2.05) is 19.1 Å². The van der Waals surface area contributed by atoms with Crippen LogP contribution in [0.5, 0.6) is 5.75 Å². The molecule has 0 aliphatic heterocycles. The van der Waals surface area contributed by atoms with Crippen LogP contribution >= 0.6 is 11.6 Å². The number of amides is 1. The molecule has 18 heavy (non-hydrogen) atoms. The van der Waals surface area contributed by atoms with Crippen LogP contribution in [0.4, 0.5) is 0 Å². The van der Waals surface area contributed by atoms with E-state index in [0.29, 0.717) is 11.6 Å². The summed E-state index contributed by atoms with van der Waals surface area (Å²) < 4.78 is 5.30. The Kier molecular flexibility index (Phi) is 4.12. The van der Waals surface area contributed by atoms with Crippen molar-refractivity contribution < 1.29 is 9.53 Å². The highest BCUT2D eigenvalue weighted by molar-refractivity contribution is 6.31. The van der Waals surface area contributed by atoms with Gasteiger partial charge in [-0.3, -0.25) is 4.79 Å². The zero-order valence-corrected chi connectivity index (χ0v) is 11.5. The van der Waals surface area contributed by atoms with Gasteiger partial charge in [-0.2, -0.15) is 0 Å². The predicted molar refractivity (Wildman–Crippen MR) is 71.9 cm³/mol. The van der Waals surface area contributed by atoms with E-state index in [2.05, 4.69) is 5.32 Å². The fourth-order valence-corrected chi connectivity index (χ4v) is 2.21. The number of benzene rings is 1. The maximum absolute atomic E-state index is 11.8. The number of hydrogen-bond acceptors (Lipinski definition) is 2. The van der Waals surface area contributed by atoms with Gasteiger partial charge < -0.3 is 10.1 Å². The zero-order valence-electron chi connectivity index (χ0n) is 10.8. The number of methoxy groups -OCH3 is 1. The Hall–Kier alpha value is -1.22. The molecule has 0 unspecified atom stereocenters. The minimum atomic E-state index is 0.139. The number of hydrogen-bond donors (Lipinski definition) is 1. The summed E-state index contributed by atoms with van der Waals surface area (Å²) >= 11 is 6.09. The monoisotopic (exact) mass is 267 g/mol. The van der Waals surface area contributed by atoms with Crippen LogP contribution in [0.2, 0.25) is 5.02 Å². The van der Waals surface area contributed by atoms with Gasteiger partial charge in [-0.25, -0.2) is 0 Å². The van der Waals surface area contributed by atoms with Gasteiger partial charge >= 0.3 is 0 Å². The second-order valence-electron chi connectivity index (χ2n) is 4.76. The van der Waals surface area contributed by atoms with Crippen LogP contribution in [0.1, 0.15) is 30.4 Å². The molecule has 1 aromatic carbocycles. The number of ether oxygens (including phenoxy) is 1. The molecule has 1 aromatic rings. The van der Waals surface area contributed by atoms with Crippen molar-refractivity contribution in [1.29, 1.82) is 0 Å². The van der Waals surface area contributed by atoms with Crippen LogP contribution in [0, 0.1) is 12.8 Å². The fourth-order valence-electron chi connectivity index (χ4n) is 2.02. The highest BCUT2D eigenvalue weighted by Gasteiger charge is 2.24. The van der Waals surface area contributed by atoms with E-state index in [0.717, 1.165) is 36.1 Å². The lowest BCUT2D eigenvalue weighted by molar-refractivity contribution is -0.127. The van der Waals surface area contributed by atoms with Crippen molar-refractivity contribution in [3.63, 3.8) is 0 Å². The van der Waals surface area contributed by atoms with E-state index in [1.165, 1.54) is 0 Å². The molecule has 2 rings (SSSR count). The Morgan fingerprint density at radius 3 is 2.78 bits per heavy atom. The highest BCUT2D eigenvalue weighted by atomic mass is 35.5. The van der Waals surface area contributed by atoms with Crippen LogP contribution in [0.15, 0.2) is 12.1 Å². The summed E-state index contributed by atoms with van der Waals surface area (Å²) in [5, 5.41) is 3.64. The number of carbonyl (C=O) groups excluding carboxylic acids is 1. The third-order valence-electron chi connectivity index (χ3n) is 3.49. The van der Waals surface area contributed by atoms with Crippen molar-refractivity contribution in [2.45, 2.75) is 32.7 Å². The van der Waals surface area contributed by atoms with Gasteiger partial charge in [0, 0.05) is 23.0 Å². The van der Waals surface area contributed by atoms with Gasteiger partial charge in [0.2, 0.25) is 5.91 Å². The van der Waals surface area contributed by atoms with Gasteiger partial charge in [0.25, 0.3) is 0 Å². The molecule has 0 radical (unpaired) electrons. The first-order valence-electron chi connectivity index (χ1n) is 6.22. The van der Waals surface area contributed by atoms with Crippen molar-refractivity contribution in [2.24, 2.45) is 5.92 Å². The normalized spacial score (nSPS) is 15.1. The van der Waals surface area contributed by atoms with Crippen LogP contribution in [0.3, 0.4) is 0 Å². The molecule has 1 fully saturated rings. The van der Waals surface area contributed by atoms with Gasteiger partial charge in [0.15, 0.2) is 0 Å². The van der Waals surface area contributed by atoms with Crippen LogP contribution in [-0.2, 0) is 11.3 Å². The topological polar surface area (TPSA) is 38.3 Å². The maximum Gasteiger partial charge on any atom is 0.223 e. The third-order valence-corrected chi connectivity index (χ3v) is 3.90. The molecule has 3 nitrogen and oxygen atoms in total. The first-order chi connectivity index (χ1) is 8.61. The second-order valence-corrected chi connectivity index (χ2v) is 5.17. The van der Waals surface area contributed by atoms with Gasteiger partial charge in [-0.1, -0.05) is 18.0 Å². The molecule has 1 N–H and O–H groups in total. The standard InChI is InChI=1S/C14H18ClNO2/c1-9-6-13(18-2)11(7-12(9)15)8-16-14(17)10-4-3-5-10/h6-7,10H,3-5,8H2,1-2H3,(H,16,17). The van der Waals surface area contributed by atoms with E-state index in [1.54, 1.807) is 7.11 Å². The van der Waals surface area contributed by atoms with Crippen LogP contribution in [0.25, 0.3) is 0 Å². The van der Waals surface area contributed by atoms with Gasteiger partial charge in [-0.15, -0.1) is 0 Å². The van der Waals surface area contributed by atoms with Gasteiger partial charge in [0.05, 0.1) is 7.11 Å². The van der Waals surface area contributed by atoms with E-state index < -0.39 is 0 Å². The van der Waals surface area contributed by atoms with Crippen LogP contribution < -0.4 is 10.1 Å². The van der Waals surface area contributed by atoms with E-state index in [9.17, 15) is 4.79 Å². The first-order valence-corrected chi connectivity index (χ1v) is 6.60. The zero-order chi connectivity index (χ0) is 13.1. The first kappa shape index (κ1) is 13.2. The molecule has 0 heterocycles. The lowest BCUT2D eigenvalue weighted by Gasteiger charge is -2.24. The Labute approximate surface area is 112 Å². The number of rotatable bonds is 4. The van der Waals surface area contributed by atoms with E-state index in [-0.39, 0.29) is 11.8 Å². The van der Waals surface area contributed by atoms with Crippen molar-refractivity contribution in [1.82, 2.24) is 5.32 Å². The van der Waals surface area contributed by atoms with Gasteiger partial charge in [-0.05, 0) is 37.5 Å². The summed E-state index contributed by atoms with van der Waals surface area (Å²) in [5.74, 6) is 1.11. The average molecular weight is 268 g/mol. The summed E-state index contributed by atoms with van der Waals surface area (Å²) in [6, 6.07) is 3.75. The SMILES string of the molecule is COc1cc(C)c(Cl)cc1CNC(=O)C1CCC1. The third kappa shape index (κ3) is 2.78. The number of carbonyl (C=O) groups is 1. The number of halogens is 1. The minimum Gasteiger partial charge on any atom is -0.496 e. The number of aryl methyl sites for hydroxylation is 1. The minimum absolute atomic E-state index is 0.139. The molecule has 1 amide bonds. The summed E-state index contributed by atoms with van der Waals surface area (Å²) in [6.07, 6.45) is 3.19. The Morgan fingerprint density at radius 1 is 1.50 bits per heavy atom. The molecule has 0 aromatic heterocycles. The molecule has 1 aliphatic rings. The molecule has 0 bridgehead atoms. The molecule has 98 valence electrons. The Balaban J connectivity index is 2.03. The lowest BCUT2D eigenvalue weighted by atomic mass is 9.85. The van der Waals surface area contributed by atoms with Gasteiger partial charge in [0.1, 0.15) is 5.75 Å². The fraction of sp³-hybridized carbons (Fsp3) is 0.500. The summed E-state index contributed by atoms with van der Waals surface area (Å²) in [7, 11) is 1.62. The summed E-state index contributed by atoms with van der Waals surface area (Å²) in [5.41, 5.74) is 1.89. The summed E-state index contributed by atoms with van der Waals surface area (Å²) in [6.45, 7) is 2.40.